The van der Waals surface area contributed by atoms with Crippen molar-refractivity contribution >= 4 is 0 Å². The SMILES string of the molecule is CC1CC(NCc2cc(F)cc(C(F)(F)F)c2)C1. The number of nitrogens with one attached hydrogen (secondary N) is 1. The lowest BCUT2D eigenvalue weighted by atomic mass is 9.82. The maximum absolute atomic E-state index is 13.1. The molecule has 0 atom stereocenters. The van der Waals surface area contributed by atoms with Crippen LogP contribution in [0.2, 0.25) is 0 Å². The Morgan fingerprint density at radius 3 is 2.44 bits per heavy atom. The Kier molecular flexibility index (Phi) is 3.61. The normalized spacial score (nSPS) is 23.8. The topological polar surface area (TPSA) is 12.0 Å². The highest BCUT2D eigenvalue weighted by Crippen LogP contribution is 2.31. The lowest BCUT2D eigenvalue weighted by molar-refractivity contribution is -0.137. The summed E-state index contributed by atoms with van der Waals surface area (Å²) in [6.07, 6.45) is -2.44. The van der Waals surface area contributed by atoms with Gasteiger partial charge in [0.2, 0.25) is 0 Å². The molecular weight excluding hydrogens is 246 g/mol. The molecule has 1 fully saturated rings. The van der Waals surface area contributed by atoms with Gasteiger partial charge in [-0.15, -0.1) is 0 Å². The quantitative estimate of drug-likeness (QED) is 0.817. The first-order valence-electron chi connectivity index (χ1n) is 5.94. The molecule has 0 radical (unpaired) electrons. The highest BCUT2D eigenvalue weighted by molar-refractivity contribution is 5.26. The third-order valence-electron chi connectivity index (χ3n) is 3.25. The Labute approximate surface area is 103 Å². The van der Waals surface area contributed by atoms with Crippen LogP contribution in [0.5, 0.6) is 0 Å². The molecule has 1 aromatic carbocycles. The minimum Gasteiger partial charge on any atom is -0.310 e. The van der Waals surface area contributed by atoms with Gasteiger partial charge in [-0.05, 0) is 42.5 Å². The number of alkyl halides is 3. The average molecular weight is 261 g/mol. The second kappa shape index (κ2) is 4.88. The summed E-state index contributed by atoms with van der Waals surface area (Å²) in [5, 5.41) is 3.14. The molecule has 1 aliphatic rings. The van der Waals surface area contributed by atoms with Crippen molar-refractivity contribution < 1.29 is 17.6 Å². The number of hydrogen-bond donors (Lipinski definition) is 1. The molecule has 1 aromatic rings. The maximum Gasteiger partial charge on any atom is 0.416 e. The van der Waals surface area contributed by atoms with Gasteiger partial charge in [-0.1, -0.05) is 6.92 Å². The van der Waals surface area contributed by atoms with E-state index < -0.39 is 17.6 Å². The number of halogens is 4. The van der Waals surface area contributed by atoms with Gasteiger partial charge in [-0.3, -0.25) is 0 Å². The van der Waals surface area contributed by atoms with Crippen molar-refractivity contribution in [1.82, 2.24) is 5.32 Å². The lowest BCUT2D eigenvalue weighted by Crippen LogP contribution is -2.39. The fraction of sp³-hybridized carbons (Fsp3) is 0.538. The van der Waals surface area contributed by atoms with E-state index in [1.54, 1.807) is 0 Å². The lowest BCUT2D eigenvalue weighted by Gasteiger charge is -2.33. The molecule has 2 rings (SSSR count). The van der Waals surface area contributed by atoms with Crippen molar-refractivity contribution in [2.75, 3.05) is 0 Å². The third kappa shape index (κ3) is 3.22. The van der Waals surface area contributed by atoms with E-state index in [1.165, 1.54) is 0 Å². The Morgan fingerprint density at radius 2 is 1.89 bits per heavy atom. The van der Waals surface area contributed by atoms with Crippen molar-refractivity contribution in [2.24, 2.45) is 5.92 Å². The Balaban J connectivity index is 2.02. The van der Waals surface area contributed by atoms with Crippen LogP contribution in [0.1, 0.15) is 30.9 Å². The molecule has 1 N–H and O–H groups in total. The molecule has 0 spiro atoms. The molecule has 18 heavy (non-hydrogen) atoms. The van der Waals surface area contributed by atoms with Crippen molar-refractivity contribution in [3.8, 4) is 0 Å². The van der Waals surface area contributed by atoms with E-state index in [0.29, 0.717) is 23.6 Å². The smallest absolute Gasteiger partial charge is 0.310 e. The van der Waals surface area contributed by atoms with Crippen LogP contribution in [0.25, 0.3) is 0 Å². The molecule has 0 heterocycles. The van der Waals surface area contributed by atoms with E-state index in [9.17, 15) is 17.6 Å². The Hall–Kier alpha value is -1.10. The molecule has 0 bridgehead atoms. The van der Waals surface area contributed by atoms with Crippen LogP contribution in [-0.4, -0.2) is 6.04 Å². The van der Waals surface area contributed by atoms with Crippen molar-refractivity contribution in [3.63, 3.8) is 0 Å². The molecule has 1 saturated carbocycles. The van der Waals surface area contributed by atoms with E-state index in [1.807, 2.05) is 0 Å². The fourth-order valence-corrected chi connectivity index (χ4v) is 2.25. The Bertz CT molecular complexity index is 421. The van der Waals surface area contributed by atoms with E-state index in [4.69, 9.17) is 0 Å². The summed E-state index contributed by atoms with van der Waals surface area (Å²) >= 11 is 0. The van der Waals surface area contributed by atoms with Gasteiger partial charge >= 0.3 is 6.18 Å². The second-order valence-electron chi connectivity index (χ2n) is 5.00. The van der Waals surface area contributed by atoms with Crippen molar-refractivity contribution in [1.29, 1.82) is 0 Å². The molecule has 5 heteroatoms. The van der Waals surface area contributed by atoms with E-state index in [2.05, 4.69) is 12.2 Å². The number of rotatable bonds is 3. The van der Waals surface area contributed by atoms with Crippen LogP contribution < -0.4 is 5.32 Å². The second-order valence-corrected chi connectivity index (χ2v) is 5.00. The minimum atomic E-state index is -4.50. The van der Waals surface area contributed by atoms with Gasteiger partial charge in [0.1, 0.15) is 5.82 Å². The largest absolute Gasteiger partial charge is 0.416 e. The van der Waals surface area contributed by atoms with Crippen molar-refractivity contribution in [2.45, 2.75) is 38.5 Å². The minimum absolute atomic E-state index is 0.276. The van der Waals surface area contributed by atoms with E-state index in [-0.39, 0.29) is 6.54 Å². The van der Waals surface area contributed by atoms with Gasteiger partial charge in [-0.25, -0.2) is 4.39 Å². The molecule has 1 nitrogen and oxygen atoms in total. The van der Waals surface area contributed by atoms with Gasteiger partial charge in [0.05, 0.1) is 5.56 Å². The maximum atomic E-state index is 13.1. The molecule has 100 valence electrons. The summed E-state index contributed by atoms with van der Waals surface area (Å²) in [7, 11) is 0. The first-order chi connectivity index (χ1) is 8.34. The predicted octanol–water partition coefficient (Wildman–Crippen LogP) is 3.73. The highest BCUT2D eigenvalue weighted by atomic mass is 19.4. The van der Waals surface area contributed by atoms with Crippen LogP contribution in [0.15, 0.2) is 18.2 Å². The Morgan fingerprint density at radius 1 is 1.22 bits per heavy atom. The standard InChI is InChI=1S/C13H15F4N/c1-8-2-12(3-8)18-7-9-4-10(13(15,16)17)6-11(14)5-9/h4-6,8,12,18H,2-3,7H2,1H3. The van der Waals surface area contributed by atoms with Gasteiger partial charge in [0.25, 0.3) is 0 Å². The summed E-state index contributed by atoms with van der Waals surface area (Å²) in [5.41, 5.74) is -0.594. The van der Waals surface area contributed by atoms with Crippen LogP contribution in [0.4, 0.5) is 17.6 Å². The van der Waals surface area contributed by atoms with Gasteiger partial charge in [0.15, 0.2) is 0 Å². The molecule has 0 unspecified atom stereocenters. The molecule has 0 amide bonds. The fourth-order valence-electron chi connectivity index (χ4n) is 2.25. The zero-order valence-corrected chi connectivity index (χ0v) is 10.0. The van der Waals surface area contributed by atoms with Gasteiger partial charge in [0, 0.05) is 12.6 Å². The average Bonchev–Trinajstić information content (AvgIpc) is 2.21. The summed E-state index contributed by atoms with van der Waals surface area (Å²) in [6, 6.07) is 3.01. The summed E-state index contributed by atoms with van der Waals surface area (Å²) in [6.45, 7) is 2.40. The molecule has 1 aliphatic carbocycles. The zero-order valence-electron chi connectivity index (χ0n) is 10.0. The van der Waals surface area contributed by atoms with E-state index >= 15 is 0 Å². The van der Waals surface area contributed by atoms with Gasteiger partial charge in [-0.2, -0.15) is 13.2 Å². The molecule has 0 saturated heterocycles. The van der Waals surface area contributed by atoms with E-state index in [0.717, 1.165) is 25.0 Å². The van der Waals surface area contributed by atoms with Crippen LogP contribution in [0, 0.1) is 11.7 Å². The first-order valence-corrected chi connectivity index (χ1v) is 5.94. The monoisotopic (exact) mass is 261 g/mol. The molecule has 0 aromatic heterocycles. The number of hydrogen-bond acceptors (Lipinski definition) is 1. The third-order valence-corrected chi connectivity index (χ3v) is 3.25. The molecule has 0 aliphatic heterocycles. The summed E-state index contributed by atoms with van der Waals surface area (Å²) < 4.78 is 50.6. The number of benzene rings is 1. The molecular formula is C13H15F4N. The van der Waals surface area contributed by atoms with Crippen LogP contribution in [-0.2, 0) is 12.7 Å². The van der Waals surface area contributed by atoms with Gasteiger partial charge < -0.3 is 5.32 Å². The van der Waals surface area contributed by atoms with Crippen molar-refractivity contribution in [3.05, 3.63) is 35.1 Å². The van der Waals surface area contributed by atoms with Crippen LogP contribution >= 0.6 is 0 Å². The summed E-state index contributed by atoms with van der Waals surface area (Å²) in [4.78, 5) is 0. The highest BCUT2D eigenvalue weighted by Gasteiger charge is 2.31. The zero-order chi connectivity index (χ0) is 13.3. The predicted molar refractivity (Wildman–Crippen MR) is 60.4 cm³/mol. The first kappa shape index (κ1) is 13.3. The van der Waals surface area contributed by atoms with Crippen LogP contribution in [0.3, 0.4) is 0 Å². The summed E-state index contributed by atoms with van der Waals surface area (Å²) in [5.74, 6) is -0.177.